The highest BCUT2D eigenvalue weighted by atomic mass is 16.3. The van der Waals surface area contributed by atoms with Gasteiger partial charge in [-0.1, -0.05) is 6.92 Å². The standard InChI is InChI=1S/C22H26N4O3/c1-13-5-6-15(29-13)11-24-20(28)17-10-14-7-8-21(17,2)12-22(14)25-18-16(19(27)26-22)4-3-9-23-18/h3-6,9,14,17H,7-8,10-12H2,1-2H3,(H,23,25)(H,24,28)(H,26,27)/t14-,17+,21+,22+/m1/s1. The molecule has 7 heteroatoms. The molecule has 0 saturated heterocycles. The summed E-state index contributed by atoms with van der Waals surface area (Å²) >= 11 is 0. The first kappa shape index (κ1) is 18.2. The monoisotopic (exact) mass is 394 g/mol. The molecular formula is C22H26N4O3. The van der Waals surface area contributed by atoms with Gasteiger partial charge in [-0.25, -0.2) is 4.98 Å². The predicted octanol–water partition coefficient (Wildman–Crippen LogP) is 2.98. The Morgan fingerprint density at radius 1 is 1.34 bits per heavy atom. The number of hydrogen-bond donors (Lipinski definition) is 3. The van der Waals surface area contributed by atoms with Crippen LogP contribution < -0.4 is 16.0 Å². The molecule has 2 aromatic rings. The summed E-state index contributed by atoms with van der Waals surface area (Å²) in [5.74, 6) is 2.34. The highest BCUT2D eigenvalue weighted by Gasteiger charge is 2.60. The Morgan fingerprint density at radius 2 is 2.21 bits per heavy atom. The Hall–Kier alpha value is -2.83. The van der Waals surface area contributed by atoms with Crippen molar-refractivity contribution in [3.05, 3.63) is 47.5 Å². The minimum Gasteiger partial charge on any atom is -0.465 e. The van der Waals surface area contributed by atoms with E-state index in [2.05, 4.69) is 27.9 Å². The molecule has 2 aromatic heterocycles. The molecule has 3 saturated carbocycles. The van der Waals surface area contributed by atoms with Gasteiger partial charge in [-0.2, -0.15) is 0 Å². The fourth-order valence-electron chi connectivity index (χ4n) is 5.60. The minimum absolute atomic E-state index is 0.0711. The zero-order valence-electron chi connectivity index (χ0n) is 16.7. The zero-order valence-corrected chi connectivity index (χ0v) is 16.7. The lowest BCUT2D eigenvalue weighted by atomic mass is 9.51. The molecule has 152 valence electrons. The maximum atomic E-state index is 13.0. The third-order valence-electron chi connectivity index (χ3n) is 7.08. The molecule has 2 amide bonds. The van der Waals surface area contributed by atoms with Crippen LogP contribution in [0.15, 0.2) is 34.9 Å². The highest BCUT2D eigenvalue weighted by molar-refractivity contribution is 6.01. The van der Waals surface area contributed by atoms with Gasteiger partial charge in [0.25, 0.3) is 5.91 Å². The fourth-order valence-corrected chi connectivity index (χ4v) is 5.60. The summed E-state index contributed by atoms with van der Waals surface area (Å²) in [5.41, 5.74) is -0.141. The number of furan rings is 1. The lowest BCUT2D eigenvalue weighted by Gasteiger charge is -2.60. The summed E-state index contributed by atoms with van der Waals surface area (Å²) < 4.78 is 5.56. The Balaban J connectivity index is 1.35. The van der Waals surface area contributed by atoms with E-state index in [9.17, 15) is 9.59 Å². The van der Waals surface area contributed by atoms with Gasteiger partial charge in [-0.3, -0.25) is 9.59 Å². The van der Waals surface area contributed by atoms with Gasteiger partial charge in [0.05, 0.1) is 12.1 Å². The van der Waals surface area contributed by atoms with Crippen molar-refractivity contribution < 1.29 is 14.0 Å². The minimum atomic E-state index is -0.527. The number of hydrogen-bond acceptors (Lipinski definition) is 5. The molecule has 1 aliphatic heterocycles. The summed E-state index contributed by atoms with van der Waals surface area (Å²) in [4.78, 5) is 30.2. The SMILES string of the molecule is Cc1ccc(CNC(=O)[C@@H]2C[C@H]3CC[C@@]2(C)C[C@]32NC(=O)c3cccnc3N2)o1. The van der Waals surface area contributed by atoms with E-state index < -0.39 is 5.66 Å². The van der Waals surface area contributed by atoms with E-state index in [1.165, 1.54) is 0 Å². The van der Waals surface area contributed by atoms with Gasteiger partial charge in [0.15, 0.2) is 0 Å². The molecule has 2 bridgehead atoms. The second-order valence-corrected chi connectivity index (χ2v) is 9.03. The van der Waals surface area contributed by atoms with E-state index in [1.54, 1.807) is 18.3 Å². The number of anilines is 1. The molecule has 3 fully saturated rings. The fraction of sp³-hybridized carbons (Fsp3) is 0.500. The summed E-state index contributed by atoms with van der Waals surface area (Å²) in [5, 5.41) is 9.81. The predicted molar refractivity (Wildman–Crippen MR) is 107 cm³/mol. The van der Waals surface area contributed by atoms with Crippen molar-refractivity contribution >= 4 is 17.6 Å². The number of aromatic nitrogens is 1. The Labute approximate surface area is 169 Å². The molecule has 3 heterocycles. The number of nitrogens with zero attached hydrogens (tertiary/aromatic N) is 1. The Morgan fingerprint density at radius 3 is 2.97 bits per heavy atom. The van der Waals surface area contributed by atoms with Crippen molar-refractivity contribution in [2.45, 2.75) is 51.7 Å². The first-order valence-electron chi connectivity index (χ1n) is 10.3. The van der Waals surface area contributed by atoms with Crippen LogP contribution in [0.4, 0.5) is 5.82 Å². The summed E-state index contributed by atoms with van der Waals surface area (Å²) in [6.45, 7) is 4.47. The zero-order chi connectivity index (χ0) is 20.2. The molecule has 4 aliphatic rings. The third kappa shape index (κ3) is 2.91. The maximum absolute atomic E-state index is 13.0. The van der Waals surface area contributed by atoms with Crippen molar-refractivity contribution in [3.63, 3.8) is 0 Å². The molecule has 0 aromatic carbocycles. The average molecular weight is 394 g/mol. The average Bonchev–Trinajstić information content (AvgIpc) is 3.11. The molecule has 1 spiro atoms. The van der Waals surface area contributed by atoms with Crippen LogP contribution in [0.2, 0.25) is 0 Å². The van der Waals surface area contributed by atoms with Crippen LogP contribution in [0.1, 0.15) is 54.5 Å². The van der Waals surface area contributed by atoms with E-state index in [0.717, 1.165) is 30.8 Å². The topological polar surface area (TPSA) is 96.3 Å². The van der Waals surface area contributed by atoms with E-state index in [1.807, 2.05) is 19.1 Å². The number of carbonyl (C=O) groups excluding carboxylic acids is 2. The third-order valence-corrected chi connectivity index (χ3v) is 7.08. The molecule has 0 radical (unpaired) electrons. The van der Waals surface area contributed by atoms with E-state index in [4.69, 9.17) is 4.42 Å². The Bertz CT molecular complexity index is 986. The van der Waals surface area contributed by atoms with Crippen LogP contribution in [0.3, 0.4) is 0 Å². The molecule has 4 atom stereocenters. The molecule has 3 aliphatic carbocycles. The maximum Gasteiger partial charge on any atom is 0.256 e. The number of fused-ring (bicyclic) bond motifs is 3. The van der Waals surface area contributed by atoms with Gasteiger partial charge in [0.2, 0.25) is 5.91 Å². The number of aryl methyl sites for hydroxylation is 1. The molecule has 29 heavy (non-hydrogen) atoms. The van der Waals surface area contributed by atoms with Crippen LogP contribution >= 0.6 is 0 Å². The summed E-state index contributed by atoms with van der Waals surface area (Å²) in [7, 11) is 0. The first-order chi connectivity index (χ1) is 13.9. The molecule has 7 nitrogen and oxygen atoms in total. The van der Waals surface area contributed by atoms with Gasteiger partial charge < -0.3 is 20.4 Å². The van der Waals surface area contributed by atoms with Gasteiger partial charge in [0, 0.05) is 18.0 Å². The Kier molecular flexibility index (Phi) is 3.98. The smallest absolute Gasteiger partial charge is 0.256 e. The number of rotatable bonds is 3. The first-order valence-corrected chi connectivity index (χ1v) is 10.3. The molecule has 6 rings (SSSR count). The van der Waals surface area contributed by atoms with E-state index in [0.29, 0.717) is 24.3 Å². The van der Waals surface area contributed by atoms with Gasteiger partial charge in [-0.05, 0) is 62.3 Å². The van der Waals surface area contributed by atoms with Gasteiger partial charge in [0.1, 0.15) is 23.0 Å². The molecule has 3 N–H and O–H groups in total. The van der Waals surface area contributed by atoms with E-state index >= 15 is 0 Å². The van der Waals surface area contributed by atoms with Crippen LogP contribution in [0.25, 0.3) is 0 Å². The second kappa shape index (κ2) is 6.34. The van der Waals surface area contributed by atoms with Crippen molar-refractivity contribution in [2.75, 3.05) is 5.32 Å². The van der Waals surface area contributed by atoms with Crippen LogP contribution in [-0.2, 0) is 11.3 Å². The van der Waals surface area contributed by atoms with Crippen LogP contribution in [0, 0.1) is 24.2 Å². The highest BCUT2D eigenvalue weighted by Crippen LogP contribution is 2.58. The number of carbonyl (C=O) groups is 2. The normalized spacial score (nSPS) is 32.4. The number of pyridine rings is 1. The number of amides is 2. The van der Waals surface area contributed by atoms with Crippen molar-refractivity contribution in [3.8, 4) is 0 Å². The molecule has 0 unspecified atom stereocenters. The van der Waals surface area contributed by atoms with Crippen LogP contribution in [-0.4, -0.2) is 22.5 Å². The summed E-state index contributed by atoms with van der Waals surface area (Å²) in [6, 6.07) is 7.35. The summed E-state index contributed by atoms with van der Waals surface area (Å²) in [6.07, 6.45) is 5.12. The van der Waals surface area contributed by atoms with Crippen molar-refractivity contribution in [2.24, 2.45) is 17.3 Å². The number of nitrogens with one attached hydrogen (secondary N) is 3. The van der Waals surface area contributed by atoms with E-state index in [-0.39, 0.29) is 29.1 Å². The van der Waals surface area contributed by atoms with Crippen LogP contribution in [0.5, 0.6) is 0 Å². The second-order valence-electron chi connectivity index (χ2n) is 9.03. The van der Waals surface area contributed by atoms with Crippen molar-refractivity contribution in [1.82, 2.24) is 15.6 Å². The van der Waals surface area contributed by atoms with Gasteiger partial charge >= 0.3 is 0 Å². The largest absolute Gasteiger partial charge is 0.465 e. The molecular weight excluding hydrogens is 368 g/mol. The van der Waals surface area contributed by atoms with Crippen molar-refractivity contribution in [1.29, 1.82) is 0 Å². The lowest BCUT2D eigenvalue weighted by Crippen LogP contribution is -2.70. The van der Waals surface area contributed by atoms with Gasteiger partial charge in [-0.15, -0.1) is 0 Å². The lowest BCUT2D eigenvalue weighted by molar-refractivity contribution is -0.139. The quantitative estimate of drug-likeness (QED) is 0.744.